The fourth-order valence-electron chi connectivity index (χ4n) is 1.90. The molecule has 106 valence electrons. The molecule has 0 radical (unpaired) electrons. The van der Waals surface area contributed by atoms with Crippen molar-refractivity contribution in [3.8, 4) is 0 Å². The van der Waals surface area contributed by atoms with E-state index in [1.165, 1.54) is 4.31 Å². The minimum atomic E-state index is -3.44. The van der Waals surface area contributed by atoms with E-state index in [-0.39, 0.29) is 6.79 Å². The molecule has 1 aromatic carbocycles. The fourth-order valence-corrected chi connectivity index (χ4v) is 3.36. The number of aryl methyl sites for hydroxylation is 1. The second-order valence-corrected chi connectivity index (χ2v) is 6.44. The van der Waals surface area contributed by atoms with Gasteiger partial charge < -0.3 is 9.47 Å². The maximum atomic E-state index is 12.5. The lowest BCUT2D eigenvalue weighted by Crippen LogP contribution is -2.34. The average molecular weight is 285 g/mol. The molecular formula is C13H19NO4S. The zero-order valence-electron chi connectivity index (χ0n) is 11.0. The van der Waals surface area contributed by atoms with Crippen LogP contribution in [0.5, 0.6) is 0 Å². The summed E-state index contributed by atoms with van der Waals surface area (Å²) in [5.41, 5.74) is 1.04. The molecular weight excluding hydrogens is 266 g/mol. The van der Waals surface area contributed by atoms with E-state index >= 15 is 0 Å². The number of rotatable bonds is 2. The maximum Gasteiger partial charge on any atom is 0.243 e. The number of nitrogens with zero attached hydrogens (tertiary/aromatic N) is 1. The lowest BCUT2D eigenvalue weighted by atomic mass is 10.2. The molecule has 0 atom stereocenters. The molecule has 0 aromatic heterocycles. The van der Waals surface area contributed by atoms with Gasteiger partial charge in [-0.05, 0) is 25.5 Å². The first-order valence-corrected chi connectivity index (χ1v) is 7.77. The van der Waals surface area contributed by atoms with Gasteiger partial charge in [0, 0.05) is 13.1 Å². The van der Waals surface area contributed by atoms with Crippen molar-refractivity contribution in [3.63, 3.8) is 0 Å². The van der Waals surface area contributed by atoms with Crippen molar-refractivity contribution < 1.29 is 17.9 Å². The minimum Gasteiger partial charge on any atom is -0.355 e. The molecule has 1 aliphatic rings. The van der Waals surface area contributed by atoms with Gasteiger partial charge in [0.15, 0.2) is 0 Å². The van der Waals surface area contributed by atoms with Crippen LogP contribution < -0.4 is 0 Å². The summed E-state index contributed by atoms with van der Waals surface area (Å²) in [6.07, 6.45) is 0.675. The molecule has 0 N–H and O–H groups in total. The Kier molecular flexibility index (Phi) is 4.93. The highest BCUT2D eigenvalue weighted by molar-refractivity contribution is 7.89. The first-order valence-electron chi connectivity index (χ1n) is 6.33. The number of hydrogen-bond donors (Lipinski definition) is 0. The van der Waals surface area contributed by atoms with E-state index in [0.29, 0.717) is 37.6 Å². The van der Waals surface area contributed by atoms with Crippen LogP contribution in [0.4, 0.5) is 0 Å². The van der Waals surface area contributed by atoms with Crippen LogP contribution in [0.25, 0.3) is 0 Å². The molecule has 5 nitrogen and oxygen atoms in total. The molecule has 6 heteroatoms. The Morgan fingerprint density at radius 3 is 2.47 bits per heavy atom. The Labute approximate surface area is 114 Å². The van der Waals surface area contributed by atoms with Crippen molar-refractivity contribution in [1.82, 2.24) is 4.31 Å². The summed E-state index contributed by atoms with van der Waals surface area (Å²) in [6.45, 7) is 3.85. The highest BCUT2D eigenvalue weighted by Gasteiger charge is 2.24. The van der Waals surface area contributed by atoms with Gasteiger partial charge in [-0.2, -0.15) is 4.31 Å². The van der Waals surface area contributed by atoms with Gasteiger partial charge in [-0.15, -0.1) is 0 Å². The van der Waals surface area contributed by atoms with Crippen LogP contribution in [0.1, 0.15) is 12.0 Å². The Bertz CT molecular complexity index is 488. The van der Waals surface area contributed by atoms with Crippen LogP contribution >= 0.6 is 0 Å². The molecule has 1 saturated heterocycles. The number of hydrogen-bond acceptors (Lipinski definition) is 4. The summed E-state index contributed by atoms with van der Waals surface area (Å²) in [5.74, 6) is 0. The van der Waals surface area contributed by atoms with Gasteiger partial charge in [0.2, 0.25) is 10.0 Å². The summed E-state index contributed by atoms with van der Waals surface area (Å²) < 4.78 is 36.9. The van der Waals surface area contributed by atoms with E-state index in [1.807, 2.05) is 19.1 Å². The van der Waals surface area contributed by atoms with Gasteiger partial charge in [0.1, 0.15) is 6.79 Å². The maximum absolute atomic E-state index is 12.5. The van der Waals surface area contributed by atoms with E-state index in [1.54, 1.807) is 12.1 Å². The Morgan fingerprint density at radius 1 is 1.05 bits per heavy atom. The summed E-state index contributed by atoms with van der Waals surface area (Å²) in [5, 5.41) is 0. The highest BCUT2D eigenvalue weighted by Crippen LogP contribution is 2.17. The summed E-state index contributed by atoms with van der Waals surface area (Å²) >= 11 is 0. The van der Waals surface area contributed by atoms with E-state index in [9.17, 15) is 8.42 Å². The zero-order valence-corrected chi connectivity index (χ0v) is 11.9. The van der Waals surface area contributed by atoms with Crippen LogP contribution in [-0.2, 0) is 19.5 Å². The minimum absolute atomic E-state index is 0.235. The topological polar surface area (TPSA) is 55.8 Å². The van der Waals surface area contributed by atoms with E-state index in [4.69, 9.17) is 9.47 Å². The summed E-state index contributed by atoms with van der Waals surface area (Å²) in [4.78, 5) is 0.332. The molecule has 1 heterocycles. The Morgan fingerprint density at radius 2 is 1.74 bits per heavy atom. The van der Waals surface area contributed by atoms with Crippen molar-refractivity contribution in [2.45, 2.75) is 18.2 Å². The first-order chi connectivity index (χ1) is 9.10. The van der Waals surface area contributed by atoms with Gasteiger partial charge in [-0.25, -0.2) is 8.42 Å². The van der Waals surface area contributed by atoms with Crippen molar-refractivity contribution in [3.05, 3.63) is 29.8 Å². The van der Waals surface area contributed by atoms with Gasteiger partial charge in [-0.3, -0.25) is 0 Å². The van der Waals surface area contributed by atoms with Crippen molar-refractivity contribution in [2.24, 2.45) is 0 Å². The molecule has 1 fully saturated rings. The highest BCUT2D eigenvalue weighted by atomic mass is 32.2. The largest absolute Gasteiger partial charge is 0.355 e. The fraction of sp³-hybridized carbons (Fsp3) is 0.538. The third-order valence-corrected chi connectivity index (χ3v) is 4.92. The molecule has 19 heavy (non-hydrogen) atoms. The van der Waals surface area contributed by atoms with E-state index < -0.39 is 10.0 Å². The van der Waals surface area contributed by atoms with Gasteiger partial charge >= 0.3 is 0 Å². The quantitative estimate of drug-likeness (QED) is 0.824. The predicted octanol–water partition coefficient (Wildman–Crippen LogP) is 1.38. The molecule has 1 aliphatic heterocycles. The standard InChI is InChI=1S/C13H19NO4S/c1-12-3-5-13(6-4-12)19(15,16)14-7-2-9-17-11-18-10-8-14/h3-6H,2,7-11H2,1H3. The van der Waals surface area contributed by atoms with Gasteiger partial charge in [0.05, 0.1) is 18.1 Å². The lowest BCUT2D eigenvalue weighted by molar-refractivity contribution is -0.0487. The van der Waals surface area contributed by atoms with E-state index in [2.05, 4.69) is 0 Å². The monoisotopic (exact) mass is 285 g/mol. The van der Waals surface area contributed by atoms with Crippen molar-refractivity contribution >= 4 is 10.0 Å². The molecule has 0 unspecified atom stereocenters. The molecule has 2 rings (SSSR count). The second-order valence-electron chi connectivity index (χ2n) is 4.51. The lowest BCUT2D eigenvalue weighted by Gasteiger charge is -2.21. The molecule has 0 saturated carbocycles. The van der Waals surface area contributed by atoms with Gasteiger partial charge in [0.25, 0.3) is 0 Å². The van der Waals surface area contributed by atoms with Crippen molar-refractivity contribution in [1.29, 1.82) is 0 Å². The van der Waals surface area contributed by atoms with Crippen LogP contribution in [0.15, 0.2) is 29.2 Å². The SMILES string of the molecule is Cc1ccc(S(=O)(=O)N2CCCOCOCC2)cc1. The third-order valence-electron chi connectivity index (χ3n) is 3.01. The van der Waals surface area contributed by atoms with Crippen LogP contribution in [-0.4, -0.2) is 45.8 Å². The van der Waals surface area contributed by atoms with Crippen molar-refractivity contribution in [2.75, 3.05) is 33.1 Å². The predicted molar refractivity (Wildman–Crippen MR) is 71.3 cm³/mol. The second kappa shape index (κ2) is 6.47. The molecule has 0 amide bonds. The Balaban J connectivity index is 2.18. The zero-order chi connectivity index (χ0) is 13.7. The number of ether oxygens (including phenoxy) is 2. The smallest absolute Gasteiger partial charge is 0.243 e. The van der Waals surface area contributed by atoms with E-state index in [0.717, 1.165) is 5.56 Å². The van der Waals surface area contributed by atoms with Crippen LogP contribution in [0, 0.1) is 6.92 Å². The van der Waals surface area contributed by atoms with Gasteiger partial charge in [-0.1, -0.05) is 17.7 Å². The summed E-state index contributed by atoms with van der Waals surface area (Å²) in [7, 11) is -3.44. The third kappa shape index (κ3) is 3.76. The Hall–Kier alpha value is -0.950. The molecule has 0 bridgehead atoms. The average Bonchev–Trinajstić information content (AvgIpc) is 2.52. The normalized spacial score (nSPS) is 19.4. The van der Waals surface area contributed by atoms with Crippen LogP contribution in [0.3, 0.4) is 0 Å². The summed E-state index contributed by atoms with van der Waals surface area (Å²) in [6, 6.07) is 6.91. The number of benzene rings is 1. The van der Waals surface area contributed by atoms with Crippen LogP contribution in [0.2, 0.25) is 0 Å². The molecule has 0 spiro atoms. The molecule has 1 aromatic rings. The molecule has 0 aliphatic carbocycles. The number of sulfonamides is 1. The first kappa shape index (κ1) is 14.5.